The van der Waals surface area contributed by atoms with E-state index in [0.717, 1.165) is 22.0 Å². The standard InChI is InChI=1S/C14H16ClFN2S/c1-3-17-13(14-8-18-9(2)19-14)7-10-6-11(16)4-5-12(10)15/h4-6,8,13,17H,3,7H2,1-2H3. The van der Waals surface area contributed by atoms with Crippen molar-refractivity contribution in [2.75, 3.05) is 6.54 Å². The van der Waals surface area contributed by atoms with Gasteiger partial charge < -0.3 is 5.32 Å². The van der Waals surface area contributed by atoms with E-state index in [-0.39, 0.29) is 11.9 Å². The van der Waals surface area contributed by atoms with Gasteiger partial charge in [0.2, 0.25) is 0 Å². The van der Waals surface area contributed by atoms with Crippen LogP contribution in [-0.4, -0.2) is 11.5 Å². The second-order valence-corrected chi connectivity index (χ2v) is 6.01. The highest BCUT2D eigenvalue weighted by Gasteiger charge is 2.15. The number of hydrogen-bond donors (Lipinski definition) is 1. The normalized spacial score (nSPS) is 12.6. The Morgan fingerprint density at radius 3 is 2.89 bits per heavy atom. The van der Waals surface area contributed by atoms with Crippen molar-refractivity contribution in [3.63, 3.8) is 0 Å². The molecule has 2 aromatic rings. The Morgan fingerprint density at radius 1 is 1.47 bits per heavy atom. The zero-order valence-electron chi connectivity index (χ0n) is 10.9. The molecule has 0 saturated carbocycles. The number of rotatable bonds is 5. The van der Waals surface area contributed by atoms with E-state index in [1.807, 2.05) is 20.0 Å². The number of aromatic nitrogens is 1. The third-order valence-electron chi connectivity index (χ3n) is 2.86. The molecule has 2 rings (SSSR count). The molecule has 2 nitrogen and oxygen atoms in total. The first-order chi connectivity index (χ1) is 9.10. The maximum atomic E-state index is 13.3. The van der Waals surface area contributed by atoms with Gasteiger partial charge in [0.15, 0.2) is 0 Å². The molecule has 0 aliphatic rings. The molecule has 0 radical (unpaired) electrons. The van der Waals surface area contributed by atoms with Gasteiger partial charge in [-0.15, -0.1) is 11.3 Å². The molecule has 1 atom stereocenters. The molecule has 0 saturated heterocycles. The quantitative estimate of drug-likeness (QED) is 0.897. The highest BCUT2D eigenvalue weighted by atomic mass is 35.5. The number of thiazole rings is 1. The summed E-state index contributed by atoms with van der Waals surface area (Å²) < 4.78 is 13.3. The minimum absolute atomic E-state index is 0.121. The fraction of sp³-hybridized carbons (Fsp3) is 0.357. The first kappa shape index (κ1) is 14.4. The molecule has 0 aliphatic heterocycles. The van der Waals surface area contributed by atoms with E-state index in [1.165, 1.54) is 12.1 Å². The summed E-state index contributed by atoms with van der Waals surface area (Å²) in [7, 11) is 0. The Balaban J connectivity index is 2.23. The van der Waals surface area contributed by atoms with E-state index in [4.69, 9.17) is 11.6 Å². The maximum Gasteiger partial charge on any atom is 0.123 e. The van der Waals surface area contributed by atoms with Gasteiger partial charge in [0, 0.05) is 22.1 Å². The molecule has 1 heterocycles. The largest absolute Gasteiger partial charge is 0.309 e. The van der Waals surface area contributed by atoms with Crippen LogP contribution in [-0.2, 0) is 6.42 Å². The molecule has 5 heteroatoms. The third-order valence-corrected chi connectivity index (χ3v) is 4.26. The number of likely N-dealkylation sites (N-methyl/N-ethyl adjacent to an activating group) is 1. The summed E-state index contributed by atoms with van der Waals surface area (Å²) in [5.41, 5.74) is 0.818. The van der Waals surface area contributed by atoms with Gasteiger partial charge in [-0.05, 0) is 43.7 Å². The predicted octanol–water partition coefficient (Wildman–Crippen LogP) is 4.14. The SMILES string of the molecule is CCNC(Cc1cc(F)ccc1Cl)c1cnc(C)s1. The Kier molecular flexibility index (Phi) is 4.91. The number of benzene rings is 1. The van der Waals surface area contributed by atoms with Gasteiger partial charge in [0.25, 0.3) is 0 Å². The molecule has 1 N–H and O–H groups in total. The number of aryl methyl sites for hydroxylation is 1. The fourth-order valence-electron chi connectivity index (χ4n) is 1.98. The summed E-state index contributed by atoms with van der Waals surface area (Å²) in [6.45, 7) is 4.87. The van der Waals surface area contributed by atoms with Gasteiger partial charge in [-0.1, -0.05) is 18.5 Å². The van der Waals surface area contributed by atoms with Crippen molar-refractivity contribution >= 4 is 22.9 Å². The minimum Gasteiger partial charge on any atom is -0.309 e. The van der Waals surface area contributed by atoms with Gasteiger partial charge in [-0.25, -0.2) is 9.37 Å². The zero-order valence-corrected chi connectivity index (χ0v) is 12.5. The number of hydrogen-bond acceptors (Lipinski definition) is 3. The Labute approximate surface area is 121 Å². The van der Waals surface area contributed by atoms with Crippen LogP contribution < -0.4 is 5.32 Å². The van der Waals surface area contributed by atoms with Crippen LogP contribution in [0.1, 0.15) is 28.4 Å². The summed E-state index contributed by atoms with van der Waals surface area (Å²) >= 11 is 7.78. The van der Waals surface area contributed by atoms with Crippen molar-refractivity contribution in [3.8, 4) is 0 Å². The van der Waals surface area contributed by atoms with Crippen LogP contribution in [0.5, 0.6) is 0 Å². The second-order valence-electron chi connectivity index (χ2n) is 4.33. The van der Waals surface area contributed by atoms with Crippen molar-refractivity contribution in [3.05, 3.63) is 50.7 Å². The van der Waals surface area contributed by atoms with E-state index in [2.05, 4.69) is 10.3 Å². The van der Waals surface area contributed by atoms with E-state index in [9.17, 15) is 4.39 Å². The molecular weight excluding hydrogens is 283 g/mol. The molecule has 1 aromatic heterocycles. The van der Waals surface area contributed by atoms with Crippen LogP contribution in [0.15, 0.2) is 24.4 Å². The van der Waals surface area contributed by atoms with Crippen molar-refractivity contribution < 1.29 is 4.39 Å². The summed E-state index contributed by atoms with van der Waals surface area (Å²) in [6, 6.07) is 4.61. The van der Waals surface area contributed by atoms with Gasteiger partial charge >= 0.3 is 0 Å². The lowest BCUT2D eigenvalue weighted by Crippen LogP contribution is -2.22. The van der Waals surface area contributed by atoms with Gasteiger partial charge in [-0.3, -0.25) is 0 Å². The number of nitrogens with zero attached hydrogens (tertiary/aromatic N) is 1. The van der Waals surface area contributed by atoms with Gasteiger partial charge in [0.05, 0.1) is 5.01 Å². The van der Waals surface area contributed by atoms with E-state index < -0.39 is 0 Å². The smallest absolute Gasteiger partial charge is 0.123 e. The third kappa shape index (κ3) is 3.75. The molecule has 0 spiro atoms. The maximum absolute atomic E-state index is 13.3. The average Bonchev–Trinajstić information content (AvgIpc) is 2.80. The van der Waals surface area contributed by atoms with Gasteiger partial charge in [0.1, 0.15) is 5.82 Å². The number of nitrogens with one attached hydrogen (secondary N) is 1. The van der Waals surface area contributed by atoms with Crippen LogP contribution in [0.4, 0.5) is 4.39 Å². The predicted molar refractivity (Wildman–Crippen MR) is 78.4 cm³/mol. The molecule has 0 amide bonds. The molecule has 102 valence electrons. The lowest BCUT2D eigenvalue weighted by atomic mass is 10.0. The second kappa shape index (κ2) is 6.46. The van der Waals surface area contributed by atoms with E-state index >= 15 is 0 Å². The van der Waals surface area contributed by atoms with Crippen LogP contribution in [0.2, 0.25) is 5.02 Å². The summed E-state index contributed by atoms with van der Waals surface area (Å²) in [5, 5.41) is 5.03. The van der Waals surface area contributed by atoms with Crippen LogP contribution >= 0.6 is 22.9 Å². The van der Waals surface area contributed by atoms with E-state index in [0.29, 0.717) is 11.4 Å². The Morgan fingerprint density at radius 2 is 2.26 bits per heavy atom. The van der Waals surface area contributed by atoms with Gasteiger partial charge in [-0.2, -0.15) is 0 Å². The van der Waals surface area contributed by atoms with Crippen LogP contribution in [0, 0.1) is 12.7 Å². The topological polar surface area (TPSA) is 24.9 Å². The molecule has 0 aliphatic carbocycles. The molecule has 1 aromatic carbocycles. The molecule has 0 bridgehead atoms. The zero-order chi connectivity index (χ0) is 13.8. The lowest BCUT2D eigenvalue weighted by molar-refractivity contribution is 0.554. The monoisotopic (exact) mass is 298 g/mol. The van der Waals surface area contributed by atoms with Crippen LogP contribution in [0.25, 0.3) is 0 Å². The van der Waals surface area contributed by atoms with Crippen molar-refractivity contribution in [1.82, 2.24) is 10.3 Å². The fourth-order valence-corrected chi connectivity index (χ4v) is 3.03. The number of halogens is 2. The lowest BCUT2D eigenvalue weighted by Gasteiger charge is -2.17. The Hall–Kier alpha value is -0.970. The molecule has 1 unspecified atom stereocenters. The van der Waals surface area contributed by atoms with Crippen molar-refractivity contribution in [2.24, 2.45) is 0 Å². The first-order valence-electron chi connectivity index (χ1n) is 6.19. The summed E-state index contributed by atoms with van der Waals surface area (Å²) in [5.74, 6) is -0.255. The van der Waals surface area contributed by atoms with Crippen LogP contribution in [0.3, 0.4) is 0 Å². The van der Waals surface area contributed by atoms with Crippen molar-refractivity contribution in [2.45, 2.75) is 26.3 Å². The highest BCUT2D eigenvalue weighted by molar-refractivity contribution is 7.11. The van der Waals surface area contributed by atoms with Crippen molar-refractivity contribution in [1.29, 1.82) is 0 Å². The molecular formula is C14H16ClFN2S. The molecule has 19 heavy (non-hydrogen) atoms. The first-order valence-corrected chi connectivity index (χ1v) is 7.39. The molecule has 0 fully saturated rings. The highest BCUT2D eigenvalue weighted by Crippen LogP contribution is 2.27. The average molecular weight is 299 g/mol. The van der Waals surface area contributed by atoms with E-state index in [1.54, 1.807) is 17.4 Å². The minimum atomic E-state index is -0.255. The summed E-state index contributed by atoms with van der Waals surface area (Å²) in [4.78, 5) is 5.43. The summed E-state index contributed by atoms with van der Waals surface area (Å²) in [6.07, 6.45) is 2.53. The Bertz CT molecular complexity index is 556.